The predicted octanol–water partition coefficient (Wildman–Crippen LogP) is 4.90. The van der Waals surface area contributed by atoms with Gasteiger partial charge in [0.1, 0.15) is 0 Å². The van der Waals surface area contributed by atoms with Crippen LogP contribution in [0.25, 0.3) is 0 Å². The van der Waals surface area contributed by atoms with Gasteiger partial charge in [0, 0.05) is 0 Å². The van der Waals surface area contributed by atoms with Gasteiger partial charge >= 0.3 is 20.2 Å². The van der Waals surface area contributed by atoms with Gasteiger partial charge < -0.3 is 9.05 Å². The van der Waals surface area contributed by atoms with Crippen molar-refractivity contribution in [1.82, 2.24) is 0 Å². The zero-order chi connectivity index (χ0) is 17.0. The third-order valence-corrected chi connectivity index (χ3v) is 4.57. The van der Waals surface area contributed by atoms with E-state index in [2.05, 4.69) is 0 Å². The molecule has 2 unspecified atom stereocenters. The van der Waals surface area contributed by atoms with E-state index in [9.17, 15) is 14.2 Å². The smallest absolute Gasteiger partial charge is 0.385 e. The standard InChI is InChI=1S/C16H31O5P/c1-5-9-11-13(7-3)15(17)20-22(19)21-16(18)14(8-4)12-10-6-2/h13-14,22H,5-12H2,1-4H3. The molecule has 22 heavy (non-hydrogen) atoms. The summed E-state index contributed by atoms with van der Waals surface area (Å²) in [5.41, 5.74) is 0. The Morgan fingerprint density at radius 1 is 0.818 bits per heavy atom. The average molecular weight is 334 g/mol. The second-order valence-electron chi connectivity index (χ2n) is 5.59. The van der Waals surface area contributed by atoms with Gasteiger partial charge in [-0.2, -0.15) is 0 Å². The van der Waals surface area contributed by atoms with E-state index in [-0.39, 0.29) is 11.8 Å². The quantitative estimate of drug-likeness (QED) is 0.475. The first-order valence-corrected chi connectivity index (χ1v) is 9.69. The summed E-state index contributed by atoms with van der Waals surface area (Å²) in [6, 6.07) is 0. The van der Waals surface area contributed by atoms with E-state index in [0.717, 1.165) is 25.7 Å². The fourth-order valence-corrected chi connectivity index (χ4v) is 2.93. The molecule has 0 heterocycles. The number of unbranched alkanes of at least 4 members (excludes halogenated alkanes) is 2. The van der Waals surface area contributed by atoms with Gasteiger partial charge in [0.25, 0.3) is 0 Å². The fraction of sp³-hybridized carbons (Fsp3) is 0.875. The van der Waals surface area contributed by atoms with Crippen molar-refractivity contribution in [2.45, 2.75) is 79.1 Å². The molecule has 0 radical (unpaired) electrons. The van der Waals surface area contributed by atoms with Crippen molar-refractivity contribution in [3.8, 4) is 0 Å². The molecule has 0 aliphatic heterocycles. The summed E-state index contributed by atoms with van der Waals surface area (Å²) in [5, 5.41) is 0. The lowest BCUT2D eigenvalue weighted by atomic mass is 10.00. The van der Waals surface area contributed by atoms with Gasteiger partial charge in [0.15, 0.2) is 0 Å². The van der Waals surface area contributed by atoms with E-state index in [1.54, 1.807) is 0 Å². The maximum Gasteiger partial charge on any atom is 0.423 e. The summed E-state index contributed by atoms with van der Waals surface area (Å²) in [4.78, 5) is 23.8. The maximum atomic E-state index is 11.9. The highest BCUT2D eigenvalue weighted by Crippen LogP contribution is 2.30. The normalized spacial score (nSPS) is 14.9. The van der Waals surface area contributed by atoms with Crippen molar-refractivity contribution in [3.05, 3.63) is 0 Å². The van der Waals surface area contributed by atoms with E-state index in [0.29, 0.717) is 25.7 Å². The monoisotopic (exact) mass is 334 g/mol. The second-order valence-corrected chi connectivity index (χ2v) is 6.50. The molecule has 0 saturated heterocycles. The van der Waals surface area contributed by atoms with E-state index in [1.165, 1.54) is 0 Å². The zero-order valence-electron chi connectivity index (χ0n) is 14.4. The summed E-state index contributed by atoms with van der Waals surface area (Å²) in [5.74, 6) is -1.58. The molecule has 0 N–H and O–H groups in total. The topological polar surface area (TPSA) is 69.7 Å². The lowest BCUT2D eigenvalue weighted by Crippen LogP contribution is -2.17. The molecule has 130 valence electrons. The van der Waals surface area contributed by atoms with Crippen molar-refractivity contribution in [1.29, 1.82) is 0 Å². The predicted molar refractivity (Wildman–Crippen MR) is 87.8 cm³/mol. The largest absolute Gasteiger partial charge is 0.423 e. The Labute approximate surface area is 135 Å². The van der Waals surface area contributed by atoms with Crippen LogP contribution < -0.4 is 0 Å². The Balaban J connectivity index is 4.35. The zero-order valence-corrected chi connectivity index (χ0v) is 15.4. The molecule has 0 rings (SSSR count). The third-order valence-electron chi connectivity index (χ3n) is 3.83. The van der Waals surface area contributed by atoms with E-state index >= 15 is 0 Å². The van der Waals surface area contributed by atoms with Crippen LogP contribution in [0.3, 0.4) is 0 Å². The molecule has 0 aliphatic rings. The van der Waals surface area contributed by atoms with Crippen LogP contribution in [-0.2, 0) is 23.2 Å². The van der Waals surface area contributed by atoms with Crippen molar-refractivity contribution in [2.24, 2.45) is 11.8 Å². The molecule has 6 heteroatoms. The molecule has 0 amide bonds. The van der Waals surface area contributed by atoms with Crippen molar-refractivity contribution >= 4 is 20.2 Å². The SMILES string of the molecule is CCCCC(CC)C(=O)O[PH](=O)OC(=O)C(CC)CCCC. The first-order valence-electron chi connectivity index (χ1n) is 8.47. The van der Waals surface area contributed by atoms with Gasteiger partial charge in [-0.05, 0) is 25.7 Å². The minimum Gasteiger partial charge on any atom is -0.385 e. The van der Waals surface area contributed by atoms with Crippen molar-refractivity contribution < 1.29 is 23.2 Å². The molecule has 0 bridgehead atoms. The minimum absolute atomic E-state index is 0.269. The molecule has 0 aromatic heterocycles. The molecular formula is C16H31O5P. The van der Waals surface area contributed by atoms with E-state index in [4.69, 9.17) is 9.05 Å². The van der Waals surface area contributed by atoms with Gasteiger partial charge in [-0.15, -0.1) is 0 Å². The highest BCUT2D eigenvalue weighted by atomic mass is 31.1. The second kappa shape index (κ2) is 12.7. The molecular weight excluding hydrogens is 303 g/mol. The van der Waals surface area contributed by atoms with Gasteiger partial charge in [0.2, 0.25) is 0 Å². The van der Waals surface area contributed by atoms with Gasteiger partial charge in [-0.1, -0.05) is 53.4 Å². The maximum absolute atomic E-state index is 11.9. The molecule has 5 nitrogen and oxygen atoms in total. The Morgan fingerprint density at radius 3 is 1.45 bits per heavy atom. The summed E-state index contributed by atoms with van der Waals surface area (Å²) in [6.45, 7) is 7.87. The molecule has 0 aliphatic carbocycles. The number of carbonyl (C=O) groups is 2. The highest BCUT2D eigenvalue weighted by molar-refractivity contribution is 7.34. The van der Waals surface area contributed by atoms with Crippen LogP contribution in [-0.4, -0.2) is 11.9 Å². The summed E-state index contributed by atoms with van der Waals surface area (Å²) in [7, 11) is -3.09. The summed E-state index contributed by atoms with van der Waals surface area (Å²) < 4.78 is 21.4. The van der Waals surface area contributed by atoms with Gasteiger partial charge in [-0.3, -0.25) is 9.59 Å². The van der Waals surface area contributed by atoms with Crippen LogP contribution in [0.15, 0.2) is 0 Å². The average Bonchev–Trinajstić information content (AvgIpc) is 2.48. The van der Waals surface area contributed by atoms with Crippen molar-refractivity contribution in [3.63, 3.8) is 0 Å². The van der Waals surface area contributed by atoms with E-state index in [1.807, 2.05) is 27.7 Å². The molecule has 2 atom stereocenters. The number of carbonyl (C=O) groups excluding carboxylic acids is 2. The number of rotatable bonds is 12. The molecule has 0 saturated carbocycles. The highest BCUT2D eigenvalue weighted by Gasteiger charge is 2.24. The Morgan fingerprint density at radius 2 is 1.18 bits per heavy atom. The van der Waals surface area contributed by atoms with Crippen LogP contribution in [0.5, 0.6) is 0 Å². The summed E-state index contributed by atoms with van der Waals surface area (Å²) in [6.07, 6.45) is 6.51. The third kappa shape index (κ3) is 8.57. The number of hydrogen-bond acceptors (Lipinski definition) is 5. The molecule has 0 aromatic carbocycles. The van der Waals surface area contributed by atoms with Gasteiger partial charge in [0.05, 0.1) is 11.8 Å². The Bertz CT molecular complexity index is 324. The molecule has 0 fully saturated rings. The number of hydrogen-bond donors (Lipinski definition) is 0. The van der Waals surface area contributed by atoms with Crippen LogP contribution in [0.2, 0.25) is 0 Å². The van der Waals surface area contributed by atoms with Crippen LogP contribution in [0.4, 0.5) is 0 Å². The molecule has 0 spiro atoms. The van der Waals surface area contributed by atoms with Gasteiger partial charge in [-0.25, -0.2) is 4.57 Å². The fourth-order valence-electron chi connectivity index (χ4n) is 2.23. The van der Waals surface area contributed by atoms with E-state index < -0.39 is 20.2 Å². The van der Waals surface area contributed by atoms with Crippen LogP contribution >= 0.6 is 8.25 Å². The summed E-state index contributed by atoms with van der Waals surface area (Å²) >= 11 is 0. The Kier molecular flexibility index (Phi) is 12.2. The Hall–Kier alpha value is -0.830. The van der Waals surface area contributed by atoms with Crippen molar-refractivity contribution in [2.75, 3.05) is 0 Å². The molecule has 0 aromatic rings. The lowest BCUT2D eigenvalue weighted by molar-refractivity contribution is -0.143. The lowest BCUT2D eigenvalue weighted by Gasteiger charge is -2.15. The first-order chi connectivity index (χ1) is 10.5. The van der Waals surface area contributed by atoms with Crippen LogP contribution in [0.1, 0.15) is 79.1 Å². The minimum atomic E-state index is -3.09. The first kappa shape index (κ1) is 21.2. The van der Waals surface area contributed by atoms with Crippen LogP contribution in [0, 0.1) is 11.8 Å².